The lowest BCUT2D eigenvalue weighted by molar-refractivity contribution is 0.885. The van der Waals surface area contributed by atoms with Gasteiger partial charge >= 0.3 is 0 Å². The van der Waals surface area contributed by atoms with Gasteiger partial charge in [0.15, 0.2) is 0 Å². The molecule has 0 saturated carbocycles. The molecule has 186 valence electrons. The topological polar surface area (TPSA) is 0 Å². The first kappa shape index (κ1) is 30.0. The fraction of sp³-hybridized carbons (Fsp3) is 0.515. The molecule has 0 spiro atoms. The molecule has 0 atom stereocenters. The monoisotopic (exact) mass is 476 g/mol. The smallest absolute Gasteiger partial charge is 0.0123 e. The third kappa shape index (κ3) is 16.6. The molecular weight excluding hydrogens is 428 g/mol. The molecule has 0 N–H and O–H groups in total. The molecule has 34 heavy (non-hydrogen) atoms. The summed E-state index contributed by atoms with van der Waals surface area (Å²) in [6.07, 6.45) is 30.9. The van der Waals surface area contributed by atoms with Crippen LogP contribution in [-0.2, 0) is 6.42 Å². The van der Waals surface area contributed by atoms with Crippen LogP contribution in [-0.4, -0.2) is 0 Å². The van der Waals surface area contributed by atoms with Gasteiger partial charge in [-0.05, 0) is 128 Å². The summed E-state index contributed by atoms with van der Waals surface area (Å²) in [6.45, 7) is 11.3. The summed E-state index contributed by atoms with van der Waals surface area (Å²) in [5.74, 6) is 2.72. The van der Waals surface area contributed by atoms with Gasteiger partial charge in [-0.3, -0.25) is 0 Å². The van der Waals surface area contributed by atoms with Crippen LogP contribution < -0.4 is 0 Å². The van der Waals surface area contributed by atoms with E-state index in [0.717, 1.165) is 51.4 Å². The van der Waals surface area contributed by atoms with E-state index in [1.54, 1.807) is 11.3 Å². The van der Waals surface area contributed by atoms with E-state index in [1.165, 1.54) is 59.1 Å². The predicted octanol–water partition coefficient (Wildman–Crippen LogP) is 10.9. The van der Waals surface area contributed by atoms with Gasteiger partial charge in [0.25, 0.3) is 0 Å². The average Bonchev–Trinajstić information content (AvgIpc) is 3.31. The second-order valence-electron chi connectivity index (χ2n) is 9.78. The van der Waals surface area contributed by atoms with Gasteiger partial charge in [0.1, 0.15) is 0 Å². The minimum absolute atomic E-state index is 0.853. The maximum absolute atomic E-state index is 5.34. The fourth-order valence-electron chi connectivity index (χ4n) is 3.88. The zero-order chi connectivity index (χ0) is 25.0. The van der Waals surface area contributed by atoms with Crippen LogP contribution in [0.25, 0.3) is 0 Å². The SMILES string of the molecule is C#CCCC(C)=CCCC(C)=CCCC(C)=CCCC(C)=CCCC(C)=CCCc1ccsc1. The van der Waals surface area contributed by atoms with Crippen LogP contribution in [0.15, 0.2) is 75.1 Å². The number of rotatable bonds is 17. The molecule has 0 amide bonds. The van der Waals surface area contributed by atoms with Gasteiger partial charge < -0.3 is 0 Å². The Balaban J connectivity index is 2.19. The maximum atomic E-state index is 5.34. The molecule has 0 unspecified atom stereocenters. The van der Waals surface area contributed by atoms with E-state index >= 15 is 0 Å². The molecular formula is C33H48S. The predicted molar refractivity (Wildman–Crippen MR) is 156 cm³/mol. The molecule has 0 radical (unpaired) electrons. The van der Waals surface area contributed by atoms with E-state index in [4.69, 9.17) is 6.42 Å². The van der Waals surface area contributed by atoms with Gasteiger partial charge in [0.2, 0.25) is 0 Å². The molecule has 0 bridgehead atoms. The van der Waals surface area contributed by atoms with Crippen molar-refractivity contribution in [3.05, 3.63) is 80.6 Å². The van der Waals surface area contributed by atoms with Crippen LogP contribution in [0.4, 0.5) is 0 Å². The molecule has 0 aromatic carbocycles. The number of aryl methyl sites for hydroxylation is 1. The van der Waals surface area contributed by atoms with Gasteiger partial charge in [0.05, 0.1) is 0 Å². The van der Waals surface area contributed by atoms with Gasteiger partial charge in [-0.1, -0.05) is 58.2 Å². The summed E-state index contributed by atoms with van der Waals surface area (Å²) in [5, 5.41) is 4.43. The lowest BCUT2D eigenvalue weighted by atomic mass is 10.0. The third-order valence-corrected chi connectivity index (χ3v) is 7.03. The van der Waals surface area contributed by atoms with E-state index in [1.807, 2.05) is 0 Å². The van der Waals surface area contributed by atoms with Crippen LogP contribution >= 0.6 is 11.3 Å². The molecule has 0 nitrogen and oxygen atoms in total. The van der Waals surface area contributed by atoms with Crippen LogP contribution in [0.3, 0.4) is 0 Å². The van der Waals surface area contributed by atoms with Crippen molar-refractivity contribution < 1.29 is 0 Å². The van der Waals surface area contributed by atoms with Crippen molar-refractivity contribution in [3.63, 3.8) is 0 Å². The Kier molecular flexibility index (Phi) is 17.0. The van der Waals surface area contributed by atoms with Crippen molar-refractivity contribution in [3.8, 4) is 12.3 Å². The first-order valence-corrected chi connectivity index (χ1v) is 14.1. The lowest BCUT2D eigenvalue weighted by Crippen LogP contribution is -1.84. The standard InChI is InChI=1S/C33H48S/c1-7-8-14-28(2)15-9-16-29(3)17-10-18-30(4)19-11-20-31(5)21-12-22-32(6)23-13-24-33-25-26-34-27-33/h1,15,17,19,21,23,25-27H,8-14,16,18,20,22,24H2,2-6H3. The van der Waals surface area contributed by atoms with E-state index in [2.05, 4.69) is 87.7 Å². The van der Waals surface area contributed by atoms with Crippen LogP contribution in [0.1, 0.15) is 111 Å². The van der Waals surface area contributed by atoms with Crippen molar-refractivity contribution in [2.75, 3.05) is 0 Å². The highest BCUT2D eigenvalue weighted by Gasteiger charge is 1.96. The number of hydrogen-bond acceptors (Lipinski definition) is 1. The first-order valence-electron chi connectivity index (χ1n) is 13.1. The Morgan fingerprint density at radius 3 is 1.47 bits per heavy atom. The largest absolute Gasteiger partial charge is 0.152 e. The summed E-state index contributed by atoms with van der Waals surface area (Å²) in [6, 6.07) is 2.24. The Labute approximate surface area is 215 Å². The summed E-state index contributed by atoms with van der Waals surface area (Å²) in [4.78, 5) is 0. The molecule has 0 fully saturated rings. The number of hydrogen-bond donors (Lipinski definition) is 0. The van der Waals surface area contributed by atoms with E-state index in [-0.39, 0.29) is 0 Å². The van der Waals surface area contributed by atoms with Crippen LogP contribution in [0.5, 0.6) is 0 Å². The number of terminal acetylenes is 1. The maximum Gasteiger partial charge on any atom is 0.0123 e. The molecule has 1 rings (SSSR count). The normalized spacial score (nSPS) is 13.9. The molecule has 0 aliphatic carbocycles. The summed E-state index contributed by atoms with van der Waals surface area (Å²) in [5.41, 5.74) is 8.96. The quantitative estimate of drug-likeness (QED) is 0.155. The van der Waals surface area contributed by atoms with Crippen LogP contribution in [0.2, 0.25) is 0 Å². The van der Waals surface area contributed by atoms with Crippen molar-refractivity contribution in [2.24, 2.45) is 0 Å². The number of thiophene rings is 1. The van der Waals surface area contributed by atoms with Crippen molar-refractivity contribution in [2.45, 2.75) is 112 Å². The molecule has 0 saturated heterocycles. The summed E-state index contributed by atoms with van der Waals surface area (Å²) < 4.78 is 0. The Hall–Kier alpha value is -2.04. The van der Waals surface area contributed by atoms with Gasteiger partial charge in [-0.15, -0.1) is 12.3 Å². The van der Waals surface area contributed by atoms with E-state index < -0.39 is 0 Å². The van der Waals surface area contributed by atoms with Gasteiger partial charge in [-0.25, -0.2) is 0 Å². The highest BCUT2D eigenvalue weighted by Crippen LogP contribution is 2.16. The summed E-state index contributed by atoms with van der Waals surface area (Å²) >= 11 is 1.79. The molecule has 1 heteroatoms. The van der Waals surface area contributed by atoms with Crippen molar-refractivity contribution >= 4 is 11.3 Å². The summed E-state index contributed by atoms with van der Waals surface area (Å²) in [7, 11) is 0. The molecule has 0 aliphatic rings. The Morgan fingerprint density at radius 1 is 0.676 bits per heavy atom. The molecule has 1 aromatic rings. The fourth-order valence-corrected chi connectivity index (χ4v) is 4.59. The molecule has 1 aromatic heterocycles. The lowest BCUT2D eigenvalue weighted by Gasteiger charge is -2.03. The minimum Gasteiger partial charge on any atom is -0.152 e. The number of allylic oxidation sites excluding steroid dienone is 10. The molecule has 0 aliphatic heterocycles. The highest BCUT2D eigenvalue weighted by atomic mass is 32.1. The van der Waals surface area contributed by atoms with Crippen molar-refractivity contribution in [1.29, 1.82) is 0 Å². The second-order valence-corrected chi connectivity index (χ2v) is 10.6. The van der Waals surface area contributed by atoms with E-state index in [0.29, 0.717) is 0 Å². The van der Waals surface area contributed by atoms with E-state index in [9.17, 15) is 0 Å². The average molecular weight is 477 g/mol. The Bertz CT molecular complexity index is 862. The second kappa shape index (κ2) is 19.3. The highest BCUT2D eigenvalue weighted by molar-refractivity contribution is 7.07. The minimum atomic E-state index is 0.853. The van der Waals surface area contributed by atoms with Crippen molar-refractivity contribution in [1.82, 2.24) is 0 Å². The zero-order valence-electron chi connectivity index (χ0n) is 22.6. The van der Waals surface area contributed by atoms with Gasteiger partial charge in [0, 0.05) is 6.42 Å². The van der Waals surface area contributed by atoms with Gasteiger partial charge in [-0.2, -0.15) is 11.3 Å². The molecule has 1 heterocycles. The Morgan fingerprint density at radius 2 is 1.09 bits per heavy atom. The van der Waals surface area contributed by atoms with Crippen LogP contribution in [0, 0.1) is 12.3 Å². The third-order valence-electron chi connectivity index (χ3n) is 6.30. The first-order chi connectivity index (χ1) is 16.4. The zero-order valence-corrected chi connectivity index (χ0v) is 23.4.